The SMILES string of the molecule is CCNC(=NCc1scnc1C)N1CCOC(c2cnn(C)c2)C1.I. The highest BCUT2D eigenvalue weighted by Gasteiger charge is 2.25. The van der Waals surface area contributed by atoms with Crippen LogP contribution in [0.2, 0.25) is 0 Å². The minimum absolute atomic E-state index is 0. The Bertz CT molecular complexity index is 700. The van der Waals surface area contributed by atoms with Crippen LogP contribution < -0.4 is 5.32 Å². The van der Waals surface area contributed by atoms with Gasteiger partial charge in [0.1, 0.15) is 6.10 Å². The summed E-state index contributed by atoms with van der Waals surface area (Å²) in [4.78, 5) is 12.6. The molecule has 0 bridgehead atoms. The molecule has 0 aromatic carbocycles. The predicted molar refractivity (Wildman–Crippen MR) is 111 cm³/mol. The van der Waals surface area contributed by atoms with E-state index < -0.39 is 0 Å². The fourth-order valence-corrected chi connectivity index (χ4v) is 3.40. The van der Waals surface area contributed by atoms with Crippen molar-refractivity contribution in [2.45, 2.75) is 26.5 Å². The zero-order valence-corrected chi connectivity index (χ0v) is 18.0. The lowest BCUT2D eigenvalue weighted by atomic mass is 10.1. The first kappa shape index (κ1) is 20.1. The third kappa shape index (κ3) is 5.14. The lowest BCUT2D eigenvalue weighted by Gasteiger charge is -2.34. The molecule has 2 aromatic heterocycles. The van der Waals surface area contributed by atoms with Gasteiger partial charge in [-0.25, -0.2) is 9.98 Å². The third-order valence-corrected chi connectivity index (χ3v) is 4.93. The highest BCUT2D eigenvalue weighted by molar-refractivity contribution is 14.0. The van der Waals surface area contributed by atoms with Crippen molar-refractivity contribution in [2.75, 3.05) is 26.2 Å². The molecule has 138 valence electrons. The zero-order chi connectivity index (χ0) is 16.9. The van der Waals surface area contributed by atoms with E-state index in [0.29, 0.717) is 13.2 Å². The molecule has 1 atom stereocenters. The number of nitrogens with one attached hydrogen (secondary N) is 1. The van der Waals surface area contributed by atoms with Gasteiger partial charge in [0.15, 0.2) is 5.96 Å². The largest absolute Gasteiger partial charge is 0.370 e. The average molecular weight is 476 g/mol. The zero-order valence-electron chi connectivity index (χ0n) is 14.8. The Hall–Kier alpha value is -1.20. The molecule has 1 aliphatic heterocycles. The van der Waals surface area contributed by atoms with E-state index in [1.165, 1.54) is 4.88 Å². The number of halogens is 1. The fourth-order valence-electron chi connectivity index (χ4n) is 2.70. The Morgan fingerprint density at radius 1 is 1.52 bits per heavy atom. The summed E-state index contributed by atoms with van der Waals surface area (Å²) in [6, 6.07) is 0. The number of hydrogen-bond donors (Lipinski definition) is 1. The number of hydrogen-bond acceptors (Lipinski definition) is 5. The van der Waals surface area contributed by atoms with Gasteiger partial charge in [-0.15, -0.1) is 35.3 Å². The van der Waals surface area contributed by atoms with E-state index in [0.717, 1.165) is 36.9 Å². The maximum Gasteiger partial charge on any atom is 0.194 e. The Kier molecular flexibility index (Phi) is 7.63. The van der Waals surface area contributed by atoms with Crippen LogP contribution >= 0.6 is 35.3 Å². The monoisotopic (exact) mass is 476 g/mol. The first-order valence-electron chi connectivity index (χ1n) is 8.19. The average Bonchev–Trinajstić information content (AvgIpc) is 3.20. The maximum atomic E-state index is 5.92. The Morgan fingerprint density at radius 2 is 2.36 bits per heavy atom. The minimum atomic E-state index is 0. The summed E-state index contributed by atoms with van der Waals surface area (Å²) in [5, 5.41) is 7.64. The van der Waals surface area contributed by atoms with E-state index in [4.69, 9.17) is 9.73 Å². The number of thiazole rings is 1. The standard InChI is InChI=1S/C16H24N6OS.HI/c1-4-17-16(18-8-15-12(2)19-11-24-15)22-5-6-23-14(10-22)13-7-20-21(3)9-13;/h7,9,11,14H,4-6,8,10H2,1-3H3,(H,17,18);1H. The van der Waals surface area contributed by atoms with Gasteiger partial charge in [-0.2, -0.15) is 5.10 Å². The molecule has 2 aromatic rings. The summed E-state index contributed by atoms with van der Waals surface area (Å²) in [5.74, 6) is 0.933. The van der Waals surface area contributed by atoms with Crippen LogP contribution in [0.15, 0.2) is 22.9 Å². The molecule has 0 saturated carbocycles. The van der Waals surface area contributed by atoms with Crippen molar-refractivity contribution in [1.82, 2.24) is 25.0 Å². The topological polar surface area (TPSA) is 67.6 Å². The number of aryl methyl sites for hydroxylation is 2. The number of guanidine groups is 1. The summed E-state index contributed by atoms with van der Waals surface area (Å²) >= 11 is 1.66. The molecule has 1 unspecified atom stereocenters. The smallest absolute Gasteiger partial charge is 0.194 e. The van der Waals surface area contributed by atoms with E-state index in [-0.39, 0.29) is 30.1 Å². The van der Waals surface area contributed by atoms with Crippen molar-refractivity contribution >= 4 is 41.3 Å². The Balaban J connectivity index is 0.00000225. The van der Waals surface area contributed by atoms with E-state index in [1.807, 2.05) is 36.6 Å². The van der Waals surface area contributed by atoms with Gasteiger partial charge in [-0.3, -0.25) is 4.68 Å². The maximum absolute atomic E-state index is 5.92. The number of morpholine rings is 1. The van der Waals surface area contributed by atoms with Crippen molar-refractivity contribution in [1.29, 1.82) is 0 Å². The molecule has 1 saturated heterocycles. The van der Waals surface area contributed by atoms with Crippen LogP contribution in [0.1, 0.15) is 29.2 Å². The van der Waals surface area contributed by atoms with Gasteiger partial charge in [0.2, 0.25) is 0 Å². The molecule has 0 spiro atoms. The highest BCUT2D eigenvalue weighted by Crippen LogP contribution is 2.22. The number of ether oxygens (including phenoxy) is 1. The molecule has 3 rings (SSSR count). The molecule has 3 heterocycles. The van der Waals surface area contributed by atoms with Crippen molar-refractivity contribution in [3.8, 4) is 0 Å². The molecular formula is C16H25IN6OS. The second-order valence-electron chi connectivity index (χ2n) is 5.78. The van der Waals surface area contributed by atoms with Crippen LogP contribution in [0, 0.1) is 6.92 Å². The molecule has 1 aliphatic rings. The number of nitrogens with zero attached hydrogens (tertiary/aromatic N) is 5. The van der Waals surface area contributed by atoms with E-state index in [9.17, 15) is 0 Å². The summed E-state index contributed by atoms with van der Waals surface area (Å²) in [6.45, 7) is 7.92. The molecule has 0 amide bonds. The fraction of sp³-hybridized carbons (Fsp3) is 0.562. The second-order valence-corrected chi connectivity index (χ2v) is 6.72. The lowest BCUT2D eigenvalue weighted by molar-refractivity contribution is -0.00805. The van der Waals surface area contributed by atoms with Gasteiger partial charge in [-0.1, -0.05) is 0 Å². The third-order valence-electron chi connectivity index (χ3n) is 4.01. The van der Waals surface area contributed by atoms with E-state index in [1.54, 1.807) is 11.3 Å². The first-order valence-corrected chi connectivity index (χ1v) is 9.07. The number of rotatable bonds is 4. The van der Waals surface area contributed by atoms with Gasteiger partial charge >= 0.3 is 0 Å². The van der Waals surface area contributed by atoms with Crippen LogP contribution in [-0.4, -0.2) is 51.9 Å². The second kappa shape index (κ2) is 9.48. The minimum Gasteiger partial charge on any atom is -0.370 e. The molecule has 0 aliphatic carbocycles. The number of aliphatic imine (C=N–C) groups is 1. The van der Waals surface area contributed by atoms with E-state index >= 15 is 0 Å². The van der Waals surface area contributed by atoms with Gasteiger partial charge in [-0.05, 0) is 13.8 Å². The Labute approximate surface area is 169 Å². The van der Waals surface area contributed by atoms with Crippen LogP contribution in [0.5, 0.6) is 0 Å². The van der Waals surface area contributed by atoms with Crippen molar-refractivity contribution < 1.29 is 4.74 Å². The Morgan fingerprint density at radius 3 is 3.00 bits per heavy atom. The van der Waals surface area contributed by atoms with E-state index in [2.05, 4.69) is 27.2 Å². The molecule has 9 heteroatoms. The molecule has 25 heavy (non-hydrogen) atoms. The van der Waals surface area contributed by atoms with Gasteiger partial charge in [0.05, 0.1) is 37.1 Å². The normalized spacial score (nSPS) is 18.1. The van der Waals surface area contributed by atoms with Gasteiger partial charge < -0.3 is 15.0 Å². The van der Waals surface area contributed by atoms with Crippen LogP contribution in [0.25, 0.3) is 0 Å². The van der Waals surface area contributed by atoms with Crippen LogP contribution in [0.4, 0.5) is 0 Å². The molecule has 7 nitrogen and oxygen atoms in total. The lowest BCUT2D eigenvalue weighted by Crippen LogP contribution is -2.48. The van der Waals surface area contributed by atoms with Crippen molar-refractivity contribution in [3.05, 3.63) is 34.0 Å². The summed E-state index contributed by atoms with van der Waals surface area (Å²) < 4.78 is 7.73. The first-order chi connectivity index (χ1) is 11.7. The summed E-state index contributed by atoms with van der Waals surface area (Å²) in [6.07, 6.45) is 3.92. The summed E-state index contributed by atoms with van der Waals surface area (Å²) in [7, 11) is 1.92. The predicted octanol–water partition coefficient (Wildman–Crippen LogP) is 2.34. The molecule has 1 N–H and O–H groups in total. The quantitative estimate of drug-likeness (QED) is 0.417. The van der Waals surface area contributed by atoms with Crippen LogP contribution in [-0.2, 0) is 18.3 Å². The van der Waals surface area contributed by atoms with Crippen LogP contribution in [0.3, 0.4) is 0 Å². The molecule has 0 radical (unpaired) electrons. The van der Waals surface area contributed by atoms with Gasteiger partial charge in [0.25, 0.3) is 0 Å². The number of aromatic nitrogens is 3. The summed E-state index contributed by atoms with van der Waals surface area (Å²) in [5.41, 5.74) is 4.05. The molecule has 1 fully saturated rings. The van der Waals surface area contributed by atoms with Crippen molar-refractivity contribution in [2.24, 2.45) is 12.0 Å². The van der Waals surface area contributed by atoms with Crippen molar-refractivity contribution in [3.63, 3.8) is 0 Å². The highest BCUT2D eigenvalue weighted by atomic mass is 127. The molecular weight excluding hydrogens is 451 g/mol. The van der Waals surface area contributed by atoms with Gasteiger partial charge in [0, 0.05) is 36.8 Å².